The lowest BCUT2D eigenvalue weighted by atomic mass is 9.95. The van der Waals surface area contributed by atoms with Crippen molar-refractivity contribution in [2.75, 3.05) is 7.05 Å². The van der Waals surface area contributed by atoms with Crippen molar-refractivity contribution in [2.24, 2.45) is 5.92 Å². The van der Waals surface area contributed by atoms with Gasteiger partial charge in [-0.2, -0.15) is 0 Å². The Morgan fingerprint density at radius 2 is 2.00 bits per heavy atom. The number of aromatic nitrogens is 1. The Labute approximate surface area is 191 Å². The van der Waals surface area contributed by atoms with Crippen molar-refractivity contribution in [1.82, 2.24) is 9.88 Å². The molecule has 2 N–H and O–H groups in total. The van der Waals surface area contributed by atoms with Gasteiger partial charge in [-0.15, -0.1) is 0 Å². The number of benzene rings is 1. The summed E-state index contributed by atoms with van der Waals surface area (Å²) in [4.78, 5) is 40.7. The maximum atomic E-state index is 12.7. The zero-order chi connectivity index (χ0) is 23.0. The SMILES string of the molecule is CC(Cc1ccc(/C(=C\[C@H]2CCC(=O)N2C)c2ccc(C3CC3)c(=O)[nH]2)cc1Cl)C(=O)O. The number of nitrogens with zero attached hydrogens (tertiary/aromatic N) is 1. The van der Waals surface area contributed by atoms with Crippen LogP contribution in [0.5, 0.6) is 0 Å². The number of hydrogen-bond acceptors (Lipinski definition) is 3. The van der Waals surface area contributed by atoms with E-state index in [0.717, 1.165) is 35.1 Å². The Morgan fingerprint density at radius 3 is 2.56 bits per heavy atom. The van der Waals surface area contributed by atoms with Crippen molar-refractivity contribution >= 4 is 29.1 Å². The monoisotopic (exact) mass is 454 g/mol. The average molecular weight is 455 g/mol. The lowest BCUT2D eigenvalue weighted by Gasteiger charge is -2.19. The van der Waals surface area contributed by atoms with Gasteiger partial charge in [0.2, 0.25) is 5.91 Å². The molecule has 0 radical (unpaired) electrons. The van der Waals surface area contributed by atoms with Gasteiger partial charge >= 0.3 is 5.97 Å². The van der Waals surface area contributed by atoms with Crippen LogP contribution in [0.25, 0.3) is 5.57 Å². The number of H-pyrrole nitrogens is 1. The molecule has 1 unspecified atom stereocenters. The van der Waals surface area contributed by atoms with Gasteiger partial charge in [0.25, 0.3) is 5.56 Å². The third-order valence-corrected chi connectivity index (χ3v) is 6.81. The molecule has 0 bridgehead atoms. The van der Waals surface area contributed by atoms with Gasteiger partial charge in [-0.3, -0.25) is 14.4 Å². The van der Waals surface area contributed by atoms with Gasteiger partial charge in [-0.05, 0) is 54.9 Å². The number of carboxylic acid groups (broad SMARTS) is 1. The first-order chi connectivity index (χ1) is 15.2. The van der Waals surface area contributed by atoms with Crippen molar-refractivity contribution in [1.29, 1.82) is 0 Å². The first-order valence-electron chi connectivity index (χ1n) is 11.0. The third kappa shape index (κ3) is 4.65. The molecular weight excluding hydrogens is 428 g/mol. The molecule has 1 amide bonds. The number of aliphatic carboxylic acids is 1. The molecule has 6 nitrogen and oxygen atoms in total. The van der Waals surface area contributed by atoms with E-state index < -0.39 is 11.9 Å². The standard InChI is InChI=1S/C25H27ClN2O4/c1-14(25(31)32)11-17-6-5-16(12-21(17)26)20(13-18-7-10-23(29)28(18)2)22-9-8-19(15-3-4-15)24(30)27-22/h5-6,8-9,12-15,18H,3-4,7,10-11H2,1-2H3,(H,27,30)(H,31,32)/b20-13+/t14?,18-/m1/s1. The second kappa shape index (κ2) is 8.94. The molecule has 1 aromatic carbocycles. The molecule has 2 aromatic rings. The van der Waals surface area contributed by atoms with Crippen LogP contribution in [0.3, 0.4) is 0 Å². The molecule has 2 fully saturated rings. The number of likely N-dealkylation sites (N-methyl/N-ethyl adjacent to an activating group) is 1. The molecule has 1 saturated carbocycles. The molecule has 7 heteroatoms. The van der Waals surface area contributed by atoms with Gasteiger partial charge in [0.1, 0.15) is 0 Å². The number of likely N-dealkylation sites (tertiary alicyclic amines) is 1. The topological polar surface area (TPSA) is 90.5 Å². The second-order valence-electron chi connectivity index (χ2n) is 8.87. The number of hydrogen-bond donors (Lipinski definition) is 2. The predicted octanol–water partition coefficient (Wildman–Crippen LogP) is 4.22. The van der Waals surface area contributed by atoms with E-state index in [1.54, 1.807) is 24.9 Å². The molecule has 1 aromatic heterocycles. The largest absolute Gasteiger partial charge is 0.481 e. The van der Waals surface area contributed by atoms with E-state index in [9.17, 15) is 19.5 Å². The van der Waals surface area contributed by atoms with Crippen molar-refractivity contribution in [3.8, 4) is 0 Å². The number of amides is 1. The zero-order valence-electron chi connectivity index (χ0n) is 18.2. The maximum absolute atomic E-state index is 12.7. The lowest BCUT2D eigenvalue weighted by Crippen LogP contribution is -2.27. The minimum Gasteiger partial charge on any atom is -0.481 e. The number of aromatic amines is 1. The molecule has 2 heterocycles. The zero-order valence-corrected chi connectivity index (χ0v) is 19.0. The number of pyridine rings is 1. The maximum Gasteiger partial charge on any atom is 0.306 e. The van der Waals surface area contributed by atoms with Crippen molar-refractivity contribution in [3.63, 3.8) is 0 Å². The van der Waals surface area contributed by atoms with Crippen LogP contribution >= 0.6 is 11.6 Å². The number of rotatable bonds is 7. The summed E-state index contributed by atoms with van der Waals surface area (Å²) in [5, 5.41) is 9.69. The van der Waals surface area contributed by atoms with Crippen LogP contribution in [0, 0.1) is 5.92 Å². The van der Waals surface area contributed by atoms with E-state index in [2.05, 4.69) is 4.98 Å². The molecule has 1 saturated heterocycles. The summed E-state index contributed by atoms with van der Waals surface area (Å²) in [5.74, 6) is -0.964. The first kappa shape index (κ1) is 22.3. The quantitative estimate of drug-likeness (QED) is 0.655. The van der Waals surface area contributed by atoms with E-state index in [1.165, 1.54) is 0 Å². The molecule has 168 valence electrons. The first-order valence-corrected chi connectivity index (χ1v) is 11.3. The van der Waals surface area contributed by atoms with E-state index in [-0.39, 0.29) is 17.5 Å². The smallest absolute Gasteiger partial charge is 0.306 e. The highest BCUT2D eigenvalue weighted by molar-refractivity contribution is 6.31. The normalized spacial score (nSPS) is 20.0. The van der Waals surface area contributed by atoms with Crippen LogP contribution in [-0.4, -0.2) is 40.0 Å². The Bertz CT molecular complexity index is 1150. The van der Waals surface area contributed by atoms with Crippen molar-refractivity contribution in [2.45, 2.75) is 51.0 Å². The summed E-state index contributed by atoms with van der Waals surface area (Å²) in [6.45, 7) is 1.65. The van der Waals surface area contributed by atoms with E-state index in [1.807, 2.05) is 30.3 Å². The number of carbonyl (C=O) groups is 2. The minimum atomic E-state index is -0.868. The fraction of sp³-hybridized carbons (Fsp3) is 0.400. The highest BCUT2D eigenvalue weighted by Gasteiger charge is 2.28. The van der Waals surface area contributed by atoms with E-state index >= 15 is 0 Å². The fourth-order valence-corrected chi connectivity index (χ4v) is 4.47. The Kier molecular flexibility index (Phi) is 6.24. The molecule has 2 atom stereocenters. The molecule has 2 aliphatic rings. The summed E-state index contributed by atoms with van der Waals surface area (Å²) in [5.41, 5.74) is 3.78. The van der Waals surface area contributed by atoms with Crippen LogP contribution in [0.2, 0.25) is 5.02 Å². The Morgan fingerprint density at radius 1 is 1.25 bits per heavy atom. The summed E-state index contributed by atoms with van der Waals surface area (Å²) < 4.78 is 0. The highest BCUT2D eigenvalue weighted by atomic mass is 35.5. The van der Waals surface area contributed by atoms with Gasteiger partial charge in [-0.1, -0.05) is 42.8 Å². The van der Waals surface area contributed by atoms with Gasteiger partial charge in [0, 0.05) is 35.3 Å². The van der Waals surface area contributed by atoms with Crippen LogP contribution in [0.1, 0.15) is 60.9 Å². The minimum absolute atomic E-state index is 0.0744. The molecule has 0 spiro atoms. The average Bonchev–Trinajstić information content (AvgIpc) is 3.54. The molecule has 1 aliphatic heterocycles. The van der Waals surface area contributed by atoms with Crippen molar-refractivity contribution < 1.29 is 14.7 Å². The number of carbonyl (C=O) groups excluding carboxylic acids is 1. The summed E-state index contributed by atoms with van der Waals surface area (Å²) in [7, 11) is 1.79. The molecule has 1 aliphatic carbocycles. The summed E-state index contributed by atoms with van der Waals surface area (Å²) in [6.07, 6.45) is 5.65. The predicted molar refractivity (Wildman–Crippen MR) is 124 cm³/mol. The molecule has 32 heavy (non-hydrogen) atoms. The Balaban J connectivity index is 1.73. The molecule has 4 rings (SSSR count). The number of halogens is 1. The summed E-state index contributed by atoms with van der Waals surface area (Å²) in [6, 6.07) is 9.28. The number of carboxylic acids is 1. The fourth-order valence-electron chi connectivity index (χ4n) is 4.21. The third-order valence-electron chi connectivity index (χ3n) is 6.46. The lowest BCUT2D eigenvalue weighted by molar-refractivity contribution is -0.141. The van der Waals surface area contributed by atoms with Crippen LogP contribution in [-0.2, 0) is 16.0 Å². The summed E-state index contributed by atoms with van der Waals surface area (Å²) >= 11 is 6.53. The Hall–Kier alpha value is -2.86. The van der Waals surface area contributed by atoms with E-state index in [4.69, 9.17) is 11.6 Å². The van der Waals surface area contributed by atoms with Gasteiger partial charge in [0.05, 0.1) is 12.0 Å². The number of nitrogens with one attached hydrogen (secondary N) is 1. The van der Waals surface area contributed by atoms with Gasteiger partial charge in [0.15, 0.2) is 0 Å². The van der Waals surface area contributed by atoms with Gasteiger partial charge < -0.3 is 15.0 Å². The van der Waals surface area contributed by atoms with Crippen LogP contribution in [0.15, 0.2) is 41.2 Å². The van der Waals surface area contributed by atoms with Crippen LogP contribution in [0.4, 0.5) is 0 Å². The second-order valence-corrected chi connectivity index (χ2v) is 9.28. The van der Waals surface area contributed by atoms with E-state index in [0.29, 0.717) is 35.9 Å². The van der Waals surface area contributed by atoms with Crippen LogP contribution < -0.4 is 5.56 Å². The molecular formula is C25H27ClN2O4. The van der Waals surface area contributed by atoms with Crippen molar-refractivity contribution in [3.05, 3.63) is 74.2 Å². The van der Waals surface area contributed by atoms with Gasteiger partial charge in [-0.25, -0.2) is 0 Å². The highest BCUT2D eigenvalue weighted by Crippen LogP contribution is 2.38.